The largest absolute Gasteiger partial charge is 0.495 e. The number of benzene rings is 3. The molecule has 0 aliphatic carbocycles. The Labute approximate surface area is 238 Å². The molecule has 1 aliphatic heterocycles. The van der Waals surface area contributed by atoms with Gasteiger partial charge in [-0.2, -0.15) is 9.78 Å². The van der Waals surface area contributed by atoms with Gasteiger partial charge in [0.05, 0.1) is 22.7 Å². The van der Waals surface area contributed by atoms with Crippen molar-refractivity contribution in [3.05, 3.63) is 97.9 Å². The molecule has 1 aliphatic rings. The van der Waals surface area contributed by atoms with Gasteiger partial charge < -0.3 is 19.1 Å². The third kappa shape index (κ3) is 4.44. The first-order valence-corrected chi connectivity index (χ1v) is 13.3. The number of amides is 1. The zero-order valence-corrected chi connectivity index (χ0v) is 23.0. The number of aromatic nitrogens is 3. The molecule has 11 nitrogen and oxygen atoms in total. The molecule has 41 heavy (non-hydrogen) atoms. The van der Waals surface area contributed by atoms with Gasteiger partial charge in [-0.3, -0.25) is 19.7 Å². The van der Waals surface area contributed by atoms with Crippen molar-refractivity contribution in [1.29, 1.82) is 0 Å². The number of hydrogen-bond acceptors (Lipinski definition) is 7. The fourth-order valence-electron chi connectivity index (χ4n) is 5.39. The van der Waals surface area contributed by atoms with Crippen LogP contribution in [0, 0.1) is 10.1 Å². The van der Waals surface area contributed by atoms with Gasteiger partial charge in [-0.15, -0.1) is 0 Å². The number of halogens is 1. The molecule has 2 aromatic heterocycles. The van der Waals surface area contributed by atoms with E-state index >= 15 is 0 Å². The van der Waals surface area contributed by atoms with Crippen molar-refractivity contribution in [2.75, 3.05) is 38.2 Å². The minimum atomic E-state index is -0.430. The SMILES string of the molecule is COc1ccc(-n2nc(C(=O)N3CCN(c4ccc([N+](=O)[O-])cc4)CC3)c3c4ccccc4n(C)c3c2=O)cc1Cl. The van der Waals surface area contributed by atoms with Crippen LogP contribution in [0.5, 0.6) is 5.75 Å². The van der Waals surface area contributed by atoms with Crippen molar-refractivity contribution < 1.29 is 14.5 Å². The highest BCUT2D eigenvalue weighted by Gasteiger charge is 2.29. The summed E-state index contributed by atoms with van der Waals surface area (Å²) in [6.07, 6.45) is 0. The maximum absolute atomic E-state index is 14.1. The van der Waals surface area contributed by atoms with Crippen LogP contribution in [0.3, 0.4) is 0 Å². The van der Waals surface area contributed by atoms with Crippen LogP contribution < -0.4 is 15.2 Å². The topological polar surface area (TPSA) is 116 Å². The summed E-state index contributed by atoms with van der Waals surface area (Å²) >= 11 is 6.37. The number of non-ortho nitro benzene ring substituents is 1. The van der Waals surface area contributed by atoms with Crippen molar-refractivity contribution in [3.63, 3.8) is 0 Å². The average Bonchev–Trinajstić information content (AvgIpc) is 3.30. The van der Waals surface area contributed by atoms with Crippen LogP contribution in [0.25, 0.3) is 27.5 Å². The van der Waals surface area contributed by atoms with Gasteiger partial charge in [0.25, 0.3) is 17.2 Å². The molecule has 1 fully saturated rings. The van der Waals surface area contributed by atoms with Crippen molar-refractivity contribution >= 4 is 50.7 Å². The first-order chi connectivity index (χ1) is 19.8. The van der Waals surface area contributed by atoms with E-state index in [1.165, 1.54) is 23.9 Å². The van der Waals surface area contributed by atoms with E-state index in [2.05, 4.69) is 10.00 Å². The Kier molecular flexibility index (Phi) is 6.58. The van der Waals surface area contributed by atoms with Gasteiger partial charge in [-0.1, -0.05) is 29.8 Å². The number of methoxy groups -OCH3 is 1. The number of para-hydroxylation sites is 1. The fourth-order valence-corrected chi connectivity index (χ4v) is 5.65. The smallest absolute Gasteiger partial charge is 0.296 e. The van der Waals surface area contributed by atoms with E-state index in [9.17, 15) is 19.7 Å². The molecule has 208 valence electrons. The zero-order valence-electron chi connectivity index (χ0n) is 22.3. The molecule has 0 atom stereocenters. The van der Waals surface area contributed by atoms with Crippen LogP contribution in [0.15, 0.2) is 71.5 Å². The molecule has 5 aromatic rings. The van der Waals surface area contributed by atoms with Crippen LogP contribution >= 0.6 is 11.6 Å². The maximum atomic E-state index is 14.1. The lowest BCUT2D eigenvalue weighted by Crippen LogP contribution is -2.49. The summed E-state index contributed by atoms with van der Waals surface area (Å²) in [5.74, 6) is 0.166. The highest BCUT2D eigenvalue weighted by atomic mass is 35.5. The Balaban J connectivity index is 1.41. The molecule has 0 saturated carbocycles. The van der Waals surface area contributed by atoms with Gasteiger partial charge in [0.2, 0.25) is 0 Å². The first-order valence-electron chi connectivity index (χ1n) is 12.9. The zero-order chi connectivity index (χ0) is 28.8. The van der Waals surface area contributed by atoms with E-state index in [1.807, 2.05) is 24.3 Å². The molecule has 1 amide bonds. The highest BCUT2D eigenvalue weighted by molar-refractivity contribution is 6.32. The predicted octanol–water partition coefficient (Wildman–Crippen LogP) is 4.41. The highest BCUT2D eigenvalue weighted by Crippen LogP contribution is 2.31. The molecule has 3 aromatic carbocycles. The summed E-state index contributed by atoms with van der Waals surface area (Å²) in [4.78, 5) is 42.3. The number of nitrogens with zero attached hydrogens (tertiary/aromatic N) is 6. The number of fused-ring (bicyclic) bond motifs is 3. The molecule has 0 radical (unpaired) electrons. The quantitative estimate of drug-likeness (QED) is 0.226. The second-order valence-corrected chi connectivity index (χ2v) is 10.1. The number of carbonyl (C=O) groups is 1. The Morgan fingerprint density at radius 2 is 1.68 bits per heavy atom. The fraction of sp³-hybridized carbons (Fsp3) is 0.207. The molecule has 0 N–H and O–H groups in total. The minimum absolute atomic E-state index is 0.0287. The molecule has 6 rings (SSSR count). The summed E-state index contributed by atoms with van der Waals surface area (Å²) in [6.45, 7) is 1.90. The number of nitro benzene ring substituents is 1. The second kappa shape index (κ2) is 10.3. The Bertz CT molecular complexity index is 1890. The van der Waals surface area contributed by atoms with E-state index < -0.39 is 4.92 Å². The van der Waals surface area contributed by atoms with E-state index in [4.69, 9.17) is 16.3 Å². The van der Waals surface area contributed by atoms with Crippen LogP contribution in [-0.2, 0) is 7.05 Å². The number of piperazine rings is 1. The predicted molar refractivity (Wildman–Crippen MR) is 157 cm³/mol. The van der Waals surface area contributed by atoms with Gasteiger partial charge in [0, 0.05) is 67.3 Å². The van der Waals surface area contributed by atoms with Crippen LogP contribution in [0.4, 0.5) is 11.4 Å². The molecular weight excluding hydrogens is 548 g/mol. The number of rotatable bonds is 5. The second-order valence-electron chi connectivity index (χ2n) is 9.74. The third-order valence-corrected chi connectivity index (χ3v) is 7.81. The molecule has 12 heteroatoms. The average molecular weight is 573 g/mol. The number of nitro groups is 1. The van der Waals surface area contributed by atoms with Gasteiger partial charge in [0.1, 0.15) is 11.3 Å². The van der Waals surface area contributed by atoms with E-state index in [1.54, 1.807) is 46.8 Å². The Morgan fingerprint density at radius 1 is 1.00 bits per heavy atom. The van der Waals surface area contributed by atoms with Gasteiger partial charge in [0.15, 0.2) is 5.69 Å². The van der Waals surface area contributed by atoms with Crippen LogP contribution in [0.1, 0.15) is 10.5 Å². The summed E-state index contributed by atoms with van der Waals surface area (Å²) in [7, 11) is 3.31. The van der Waals surface area contributed by atoms with E-state index in [-0.39, 0.29) is 22.8 Å². The van der Waals surface area contributed by atoms with Gasteiger partial charge >= 0.3 is 0 Å². The summed E-state index contributed by atoms with van der Waals surface area (Å²) in [5.41, 5.74) is 2.25. The lowest BCUT2D eigenvalue weighted by atomic mass is 10.1. The molecule has 1 saturated heterocycles. The Hall–Kier alpha value is -4.90. The number of anilines is 1. The molecular formula is C29H25ClN6O5. The molecule has 3 heterocycles. The third-order valence-electron chi connectivity index (χ3n) is 7.51. The Morgan fingerprint density at radius 3 is 2.34 bits per heavy atom. The normalized spacial score (nSPS) is 13.6. The molecule has 0 spiro atoms. The molecule has 0 bridgehead atoms. The number of hydrogen-bond donors (Lipinski definition) is 0. The van der Waals surface area contributed by atoms with Crippen LogP contribution in [-0.4, -0.2) is 63.4 Å². The monoisotopic (exact) mass is 572 g/mol. The standard InChI is InChI=1S/C29H25ClN6O5/c1-32-23-6-4-3-5-21(23)25-26(31-35(29(38)27(25)32)20-11-12-24(41-2)22(30)17-20)28(37)34-15-13-33(14-16-34)18-7-9-19(10-8-18)36(39)40/h3-12,17H,13-16H2,1-2H3. The number of ether oxygens (including phenoxy) is 1. The summed E-state index contributed by atoms with van der Waals surface area (Å²) < 4.78 is 8.26. The summed E-state index contributed by atoms with van der Waals surface area (Å²) in [5, 5.41) is 17.2. The first kappa shape index (κ1) is 26.3. The lowest BCUT2D eigenvalue weighted by Gasteiger charge is -2.36. The van der Waals surface area contributed by atoms with Crippen molar-refractivity contribution in [3.8, 4) is 11.4 Å². The minimum Gasteiger partial charge on any atom is -0.495 e. The lowest BCUT2D eigenvalue weighted by molar-refractivity contribution is -0.384. The molecule has 0 unspecified atom stereocenters. The number of aryl methyl sites for hydroxylation is 1. The van der Waals surface area contributed by atoms with Crippen LogP contribution in [0.2, 0.25) is 5.02 Å². The van der Waals surface area contributed by atoms with E-state index in [0.29, 0.717) is 53.5 Å². The van der Waals surface area contributed by atoms with Crippen molar-refractivity contribution in [1.82, 2.24) is 19.2 Å². The summed E-state index contributed by atoms with van der Waals surface area (Å²) in [6, 6.07) is 18.8. The van der Waals surface area contributed by atoms with Gasteiger partial charge in [-0.25, -0.2) is 0 Å². The van der Waals surface area contributed by atoms with Crippen molar-refractivity contribution in [2.24, 2.45) is 7.05 Å². The van der Waals surface area contributed by atoms with Gasteiger partial charge in [-0.05, 0) is 36.4 Å². The maximum Gasteiger partial charge on any atom is 0.296 e. The number of carbonyl (C=O) groups excluding carboxylic acids is 1. The van der Waals surface area contributed by atoms with Crippen molar-refractivity contribution in [2.45, 2.75) is 0 Å². The van der Waals surface area contributed by atoms with E-state index in [0.717, 1.165) is 16.6 Å².